The lowest BCUT2D eigenvalue weighted by Gasteiger charge is -2.15. The minimum Gasteiger partial charge on any atom is -0.506 e. The van der Waals surface area contributed by atoms with Gasteiger partial charge in [0.05, 0.1) is 37.8 Å². The van der Waals surface area contributed by atoms with E-state index in [9.17, 15) is 9.90 Å². The van der Waals surface area contributed by atoms with Crippen molar-refractivity contribution in [2.75, 3.05) is 27.1 Å². The van der Waals surface area contributed by atoms with Crippen molar-refractivity contribution < 1.29 is 24.1 Å². The second-order valence-electron chi connectivity index (χ2n) is 7.80. The third kappa shape index (κ3) is 6.54. The number of nitrogens with zero attached hydrogens (tertiary/aromatic N) is 4. The molecule has 0 unspecified atom stereocenters. The Labute approximate surface area is 245 Å². The van der Waals surface area contributed by atoms with Crippen molar-refractivity contribution in [3.05, 3.63) is 69.1 Å². The molecule has 13 heteroatoms. The van der Waals surface area contributed by atoms with E-state index in [-0.39, 0.29) is 17.4 Å². The zero-order chi connectivity index (χ0) is 27.9. The molecule has 4 rings (SSSR count). The highest BCUT2D eigenvalue weighted by molar-refractivity contribution is 9.11. The van der Waals surface area contributed by atoms with Gasteiger partial charge in [0.25, 0.3) is 5.91 Å². The number of methoxy groups -OCH3 is 3. The topological polar surface area (TPSA) is 120 Å². The number of carbonyl (C=O) groups excluding carboxylic acids is 1. The third-order valence-corrected chi connectivity index (χ3v) is 7.34. The maximum atomic E-state index is 12.6. The number of carbonyl (C=O) groups is 1. The molecule has 39 heavy (non-hydrogen) atoms. The molecule has 1 amide bonds. The Morgan fingerprint density at radius 3 is 2.38 bits per heavy atom. The smallest absolute Gasteiger partial charge is 0.250 e. The fraction of sp³-hybridized carbons (Fsp3) is 0.154. The number of thioether (sulfide) groups is 1. The molecule has 1 aromatic heterocycles. The fourth-order valence-electron chi connectivity index (χ4n) is 3.59. The molecule has 0 aliphatic heterocycles. The average Bonchev–Trinajstić information content (AvgIpc) is 3.38. The number of ether oxygens (including phenoxy) is 3. The maximum Gasteiger partial charge on any atom is 0.250 e. The second-order valence-corrected chi connectivity index (χ2v) is 10.5. The summed E-state index contributed by atoms with van der Waals surface area (Å²) < 4.78 is 19.6. The molecule has 3 aromatic carbocycles. The van der Waals surface area contributed by atoms with Gasteiger partial charge in [0.2, 0.25) is 5.75 Å². The molecule has 202 valence electrons. The van der Waals surface area contributed by atoms with Crippen LogP contribution in [-0.4, -0.2) is 59.1 Å². The predicted molar refractivity (Wildman–Crippen MR) is 156 cm³/mol. The number of phenols is 1. The van der Waals surface area contributed by atoms with Crippen LogP contribution in [0.15, 0.2) is 73.8 Å². The molecule has 10 nitrogen and oxygen atoms in total. The van der Waals surface area contributed by atoms with E-state index < -0.39 is 0 Å². The number of hydrogen-bond donors (Lipinski definition) is 2. The summed E-state index contributed by atoms with van der Waals surface area (Å²) >= 11 is 7.83. The first-order chi connectivity index (χ1) is 18.9. The lowest BCUT2D eigenvalue weighted by Crippen LogP contribution is -2.20. The highest BCUT2D eigenvalue weighted by Gasteiger charge is 2.21. The summed E-state index contributed by atoms with van der Waals surface area (Å²) in [5.74, 6) is 1.62. The molecule has 0 aliphatic rings. The molecule has 2 N–H and O–H groups in total. The van der Waals surface area contributed by atoms with Gasteiger partial charge in [-0.2, -0.15) is 5.10 Å². The summed E-state index contributed by atoms with van der Waals surface area (Å²) in [5, 5.41) is 23.4. The Bertz CT molecular complexity index is 1490. The number of nitrogens with one attached hydrogen (secondary N) is 1. The van der Waals surface area contributed by atoms with Crippen LogP contribution >= 0.6 is 43.6 Å². The number of phenolic OH excluding ortho intramolecular Hbond substituents is 1. The lowest BCUT2D eigenvalue weighted by molar-refractivity contribution is -0.118. The van der Waals surface area contributed by atoms with Crippen molar-refractivity contribution in [2.45, 2.75) is 5.16 Å². The van der Waals surface area contributed by atoms with Gasteiger partial charge < -0.3 is 19.3 Å². The Morgan fingerprint density at radius 1 is 1.05 bits per heavy atom. The number of aromatic nitrogens is 3. The molecule has 0 saturated carbocycles. The lowest BCUT2D eigenvalue weighted by atomic mass is 10.1. The van der Waals surface area contributed by atoms with Crippen LogP contribution in [0.25, 0.3) is 17.1 Å². The molecule has 0 fully saturated rings. The van der Waals surface area contributed by atoms with Crippen molar-refractivity contribution in [1.82, 2.24) is 20.2 Å². The van der Waals surface area contributed by atoms with E-state index in [1.165, 1.54) is 25.1 Å². The van der Waals surface area contributed by atoms with Gasteiger partial charge in [-0.25, -0.2) is 5.43 Å². The Kier molecular flexibility index (Phi) is 9.49. The zero-order valence-electron chi connectivity index (χ0n) is 21.0. The van der Waals surface area contributed by atoms with E-state index in [2.05, 4.69) is 52.6 Å². The summed E-state index contributed by atoms with van der Waals surface area (Å²) in [5.41, 5.74) is 4.40. The van der Waals surface area contributed by atoms with Crippen molar-refractivity contribution in [1.29, 1.82) is 0 Å². The minimum atomic E-state index is -0.359. The first-order valence-corrected chi connectivity index (χ1v) is 13.9. The van der Waals surface area contributed by atoms with Gasteiger partial charge in [0.15, 0.2) is 22.5 Å². The van der Waals surface area contributed by atoms with E-state index in [4.69, 9.17) is 14.2 Å². The summed E-state index contributed by atoms with van der Waals surface area (Å²) in [6, 6.07) is 16.5. The van der Waals surface area contributed by atoms with E-state index >= 15 is 0 Å². The van der Waals surface area contributed by atoms with Crippen molar-refractivity contribution >= 4 is 55.7 Å². The quantitative estimate of drug-likeness (QED) is 0.130. The van der Waals surface area contributed by atoms with Crippen LogP contribution in [0.3, 0.4) is 0 Å². The average molecular weight is 677 g/mol. The van der Waals surface area contributed by atoms with Gasteiger partial charge in [0, 0.05) is 21.3 Å². The van der Waals surface area contributed by atoms with Gasteiger partial charge in [-0.15, -0.1) is 10.2 Å². The van der Waals surface area contributed by atoms with Crippen molar-refractivity contribution in [3.63, 3.8) is 0 Å². The molecule has 0 atom stereocenters. The standard InChI is InChI=1S/C26H23Br2N5O5S/c1-36-20-10-15(11-21(37-2)24(20)38-3)25-31-32-26(33(25)18-7-5-4-6-8-18)39-14-22(34)30-29-13-16-9-17(27)12-19(28)23(16)35/h4-13,35H,14H2,1-3H3,(H,30,34)/b29-13+. The summed E-state index contributed by atoms with van der Waals surface area (Å²) in [6.07, 6.45) is 1.36. The zero-order valence-corrected chi connectivity index (χ0v) is 25.0. The van der Waals surface area contributed by atoms with E-state index in [0.29, 0.717) is 43.8 Å². The predicted octanol–water partition coefficient (Wildman–Crippen LogP) is 5.43. The molecule has 0 bridgehead atoms. The SMILES string of the molecule is COc1cc(-c2nnc(SCC(=O)N/N=C/c3cc(Br)cc(Br)c3O)n2-c2ccccc2)cc(OC)c1OC. The first-order valence-electron chi connectivity index (χ1n) is 11.3. The summed E-state index contributed by atoms with van der Waals surface area (Å²) in [4.78, 5) is 12.6. The Balaban J connectivity index is 1.59. The van der Waals surface area contributed by atoms with Crippen molar-refractivity contribution in [3.8, 4) is 40.1 Å². The van der Waals surface area contributed by atoms with Crippen molar-refractivity contribution in [2.24, 2.45) is 5.10 Å². The molecular weight excluding hydrogens is 654 g/mol. The Hall–Kier alpha value is -3.55. The molecule has 0 radical (unpaired) electrons. The number of amides is 1. The van der Waals surface area contributed by atoms with E-state index in [1.807, 2.05) is 34.9 Å². The highest BCUT2D eigenvalue weighted by Crippen LogP contribution is 2.41. The van der Waals surface area contributed by atoms with Crippen LogP contribution in [0.5, 0.6) is 23.0 Å². The van der Waals surface area contributed by atoms with Crippen LogP contribution in [0, 0.1) is 0 Å². The van der Waals surface area contributed by atoms with Gasteiger partial charge in [-0.1, -0.05) is 45.9 Å². The number of aromatic hydroxyl groups is 1. The number of hydrazone groups is 1. The second kappa shape index (κ2) is 13.0. The fourth-order valence-corrected chi connectivity index (χ4v) is 5.59. The van der Waals surface area contributed by atoms with Gasteiger partial charge >= 0.3 is 0 Å². The molecule has 4 aromatic rings. The highest BCUT2D eigenvalue weighted by atomic mass is 79.9. The largest absolute Gasteiger partial charge is 0.506 e. The van der Waals surface area contributed by atoms with Crippen LogP contribution in [-0.2, 0) is 4.79 Å². The number of hydrogen-bond acceptors (Lipinski definition) is 9. The van der Waals surface area contributed by atoms with Crippen LogP contribution < -0.4 is 19.6 Å². The number of halogens is 2. The summed E-state index contributed by atoms with van der Waals surface area (Å²) in [7, 11) is 4.63. The minimum absolute atomic E-state index is 0.0147. The maximum absolute atomic E-state index is 12.6. The van der Waals surface area contributed by atoms with E-state index in [1.54, 1.807) is 38.5 Å². The molecule has 0 spiro atoms. The van der Waals surface area contributed by atoms with Crippen LogP contribution in [0.2, 0.25) is 0 Å². The molecule has 0 aliphatic carbocycles. The monoisotopic (exact) mass is 675 g/mol. The first kappa shape index (κ1) is 28.5. The molecular formula is C26H23Br2N5O5S. The van der Waals surface area contributed by atoms with E-state index in [0.717, 1.165) is 10.2 Å². The number of benzene rings is 3. The van der Waals surface area contributed by atoms with Crippen LogP contribution in [0.4, 0.5) is 0 Å². The van der Waals surface area contributed by atoms with Crippen LogP contribution in [0.1, 0.15) is 5.56 Å². The number of para-hydroxylation sites is 1. The molecule has 1 heterocycles. The number of rotatable bonds is 10. The van der Waals surface area contributed by atoms with Gasteiger partial charge in [-0.05, 0) is 52.3 Å². The normalized spacial score (nSPS) is 11.0. The molecule has 0 saturated heterocycles. The third-order valence-electron chi connectivity index (χ3n) is 5.35. The van der Waals surface area contributed by atoms with Gasteiger partial charge in [0.1, 0.15) is 5.75 Å². The summed E-state index contributed by atoms with van der Waals surface area (Å²) in [6.45, 7) is 0. The Morgan fingerprint density at radius 2 is 1.74 bits per heavy atom. The van der Waals surface area contributed by atoms with Gasteiger partial charge in [-0.3, -0.25) is 9.36 Å².